The van der Waals surface area contributed by atoms with Gasteiger partial charge in [-0.3, -0.25) is 0 Å². The fraction of sp³-hybridized carbons (Fsp3) is 0.333. The summed E-state index contributed by atoms with van der Waals surface area (Å²) in [5, 5.41) is 3.28. The van der Waals surface area contributed by atoms with E-state index in [0.717, 1.165) is 12.1 Å². The Hall–Kier alpha value is -2.11. The number of methoxy groups -OCH3 is 1. The van der Waals surface area contributed by atoms with Crippen LogP contribution >= 0.6 is 0 Å². The molecular formula is C18H20FNO3. The molecule has 4 nitrogen and oxygen atoms in total. The molecule has 2 aromatic carbocycles. The van der Waals surface area contributed by atoms with Gasteiger partial charge in [-0.25, -0.2) is 4.39 Å². The number of hydrogen-bond acceptors (Lipinski definition) is 4. The van der Waals surface area contributed by atoms with Gasteiger partial charge in [0.05, 0.1) is 13.7 Å². The summed E-state index contributed by atoms with van der Waals surface area (Å²) in [6.45, 7) is 2.06. The van der Waals surface area contributed by atoms with Crippen molar-refractivity contribution in [3.8, 4) is 11.5 Å². The lowest BCUT2D eigenvalue weighted by Crippen LogP contribution is -2.43. The smallest absolute Gasteiger partial charge is 0.197 e. The molecule has 0 saturated carbocycles. The lowest BCUT2D eigenvalue weighted by molar-refractivity contribution is -0.0448. The van der Waals surface area contributed by atoms with E-state index < -0.39 is 11.9 Å². The maximum Gasteiger partial charge on any atom is 0.197 e. The van der Waals surface area contributed by atoms with Crippen molar-refractivity contribution in [2.45, 2.75) is 12.2 Å². The monoisotopic (exact) mass is 317 g/mol. The van der Waals surface area contributed by atoms with Crippen LogP contribution in [0.2, 0.25) is 0 Å². The minimum atomic E-state index is -0.450. The van der Waals surface area contributed by atoms with Crippen molar-refractivity contribution < 1.29 is 18.6 Å². The fourth-order valence-electron chi connectivity index (χ4n) is 2.67. The first-order valence-electron chi connectivity index (χ1n) is 7.66. The van der Waals surface area contributed by atoms with E-state index in [1.165, 1.54) is 13.2 Å². The number of ether oxygens (including phenoxy) is 3. The standard InChI is InChI=1S/C18H20FNO3/c1-21-15-9-5-8-14(19)18(15)23-17(13-6-3-2-4-7-13)16-12-20-10-11-22-16/h2-9,16-17,20H,10-12H2,1H3. The summed E-state index contributed by atoms with van der Waals surface area (Å²) < 4.78 is 31.3. The van der Waals surface area contributed by atoms with Crippen molar-refractivity contribution in [2.24, 2.45) is 0 Å². The van der Waals surface area contributed by atoms with E-state index >= 15 is 0 Å². The molecule has 0 aromatic heterocycles. The van der Waals surface area contributed by atoms with Crippen molar-refractivity contribution in [3.05, 3.63) is 59.9 Å². The van der Waals surface area contributed by atoms with E-state index in [9.17, 15) is 4.39 Å². The van der Waals surface area contributed by atoms with Crippen LogP contribution in [-0.4, -0.2) is 32.9 Å². The Bertz CT molecular complexity index is 629. The molecule has 1 aliphatic rings. The fourth-order valence-corrected chi connectivity index (χ4v) is 2.67. The van der Waals surface area contributed by atoms with E-state index in [1.807, 2.05) is 30.3 Å². The molecule has 2 unspecified atom stereocenters. The third-order valence-corrected chi connectivity index (χ3v) is 3.82. The Kier molecular flexibility index (Phi) is 5.10. The molecule has 2 atom stereocenters. The average molecular weight is 317 g/mol. The molecule has 1 aliphatic heterocycles. The molecule has 0 spiro atoms. The molecule has 122 valence electrons. The van der Waals surface area contributed by atoms with Crippen LogP contribution in [0.5, 0.6) is 11.5 Å². The van der Waals surface area contributed by atoms with Crippen LogP contribution in [0.1, 0.15) is 11.7 Å². The average Bonchev–Trinajstić information content (AvgIpc) is 2.62. The SMILES string of the molecule is COc1cccc(F)c1OC(c1ccccc1)C1CNCCO1. The first kappa shape index (κ1) is 15.8. The number of rotatable bonds is 5. The van der Waals surface area contributed by atoms with Gasteiger partial charge in [0, 0.05) is 13.1 Å². The van der Waals surface area contributed by atoms with Crippen LogP contribution in [0.4, 0.5) is 4.39 Å². The number of morpholine rings is 1. The summed E-state index contributed by atoms with van der Waals surface area (Å²) in [5.74, 6) is 0.0294. The molecule has 1 fully saturated rings. The summed E-state index contributed by atoms with van der Waals surface area (Å²) >= 11 is 0. The summed E-state index contributed by atoms with van der Waals surface area (Å²) in [6, 6.07) is 14.3. The Morgan fingerprint density at radius 1 is 1.17 bits per heavy atom. The van der Waals surface area contributed by atoms with Crippen molar-refractivity contribution in [3.63, 3.8) is 0 Å². The van der Waals surface area contributed by atoms with Gasteiger partial charge in [0.2, 0.25) is 0 Å². The second-order valence-electron chi connectivity index (χ2n) is 5.33. The molecule has 1 saturated heterocycles. The highest BCUT2D eigenvalue weighted by Crippen LogP contribution is 2.35. The highest BCUT2D eigenvalue weighted by atomic mass is 19.1. The van der Waals surface area contributed by atoms with Gasteiger partial charge in [-0.05, 0) is 17.7 Å². The number of hydrogen-bond donors (Lipinski definition) is 1. The van der Waals surface area contributed by atoms with Crippen LogP contribution in [0.25, 0.3) is 0 Å². The Morgan fingerprint density at radius 2 is 2.00 bits per heavy atom. The number of halogens is 1. The predicted molar refractivity (Wildman–Crippen MR) is 85.4 cm³/mol. The van der Waals surface area contributed by atoms with Crippen molar-refractivity contribution in [1.29, 1.82) is 0 Å². The third-order valence-electron chi connectivity index (χ3n) is 3.82. The van der Waals surface area contributed by atoms with E-state index in [2.05, 4.69) is 5.32 Å². The van der Waals surface area contributed by atoms with E-state index in [4.69, 9.17) is 14.2 Å². The molecule has 0 amide bonds. The van der Waals surface area contributed by atoms with Gasteiger partial charge < -0.3 is 19.5 Å². The molecule has 3 rings (SSSR count). The number of para-hydroxylation sites is 1. The molecule has 1 heterocycles. The van der Waals surface area contributed by atoms with Gasteiger partial charge in [-0.2, -0.15) is 0 Å². The molecule has 1 N–H and O–H groups in total. The Balaban J connectivity index is 1.93. The molecule has 0 radical (unpaired) electrons. The lowest BCUT2D eigenvalue weighted by Gasteiger charge is -2.32. The Morgan fingerprint density at radius 3 is 2.70 bits per heavy atom. The van der Waals surface area contributed by atoms with E-state index in [0.29, 0.717) is 18.9 Å². The van der Waals surface area contributed by atoms with Gasteiger partial charge in [0.15, 0.2) is 23.4 Å². The summed E-state index contributed by atoms with van der Waals surface area (Å²) in [6.07, 6.45) is -0.620. The summed E-state index contributed by atoms with van der Waals surface area (Å²) in [7, 11) is 1.50. The van der Waals surface area contributed by atoms with Crippen molar-refractivity contribution in [2.75, 3.05) is 26.8 Å². The largest absolute Gasteiger partial charge is 0.493 e. The summed E-state index contributed by atoms with van der Waals surface area (Å²) in [5.41, 5.74) is 0.937. The number of benzene rings is 2. The number of nitrogens with one attached hydrogen (secondary N) is 1. The molecule has 0 bridgehead atoms. The van der Waals surface area contributed by atoms with Gasteiger partial charge in [-0.15, -0.1) is 0 Å². The minimum Gasteiger partial charge on any atom is -0.493 e. The zero-order chi connectivity index (χ0) is 16.1. The second-order valence-corrected chi connectivity index (χ2v) is 5.33. The van der Waals surface area contributed by atoms with E-state index in [-0.39, 0.29) is 11.9 Å². The van der Waals surface area contributed by atoms with Gasteiger partial charge in [0.25, 0.3) is 0 Å². The van der Waals surface area contributed by atoms with Crippen LogP contribution < -0.4 is 14.8 Å². The molecule has 23 heavy (non-hydrogen) atoms. The van der Waals surface area contributed by atoms with Crippen molar-refractivity contribution >= 4 is 0 Å². The maximum absolute atomic E-state index is 14.2. The second kappa shape index (κ2) is 7.44. The summed E-state index contributed by atoms with van der Waals surface area (Å²) in [4.78, 5) is 0. The molecule has 2 aromatic rings. The first-order chi connectivity index (χ1) is 11.3. The zero-order valence-corrected chi connectivity index (χ0v) is 13.0. The zero-order valence-electron chi connectivity index (χ0n) is 13.0. The van der Waals surface area contributed by atoms with Crippen LogP contribution in [-0.2, 0) is 4.74 Å². The van der Waals surface area contributed by atoms with E-state index in [1.54, 1.807) is 12.1 Å². The molecule has 0 aliphatic carbocycles. The highest BCUT2D eigenvalue weighted by Gasteiger charge is 2.29. The van der Waals surface area contributed by atoms with Gasteiger partial charge in [0.1, 0.15) is 6.10 Å². The Labute approximate surface area is 135 Å². The van der Waals surface area contributed by atoms with Crippen LogP contribution in [0, 0.1) is 5.82 Å². The van der Waals surface area contributed by atoms with Gasteiger partial charge in [-0.1, -0.05) is 36.4 Å². The predicted octanol–water partition coefficient (Wildman–Crippen LogP) is 2.94. The third kappa shape index (κ3) is 3.63. The topological polar surface area (TPSA) is 39.7 Å². The molecular weight excluding hydrogens is 297 g/mol. The lowest BCUT2D eigenvalue weighted by atomic mass is 10.0. The maximum atomic E-state index is 14.2. The quantitative estimate of drug-likeness (QED) is 0.920. The highest BCUT2D eigenvalue weighted by molar-refractivity contribution is 5.41. The molecule has 5 heteroatoms. The minimum absolute atomic E-state index is 0.109. The van der Waals surface area contributed by atoms with Crippen LogP contribution in [0.15, 0.2) is 48.5 Å². The first-order valence-corrected chi connectivity index (χ1v) is 7.66. The van der Waals surface area contributed by atoms with Gasteiger partial charge >= 0.3 is 0 Å². The van der Waals surface area contributed by atoms with Crippen LogP contribution in [0.3, 0.4) is 0 Å². The normalized spacial score (nSPS) is 19.1. The van der Waals surface area contributed by atoms with Crippen molar-refractivity contribution in [1.82, 2.24) is 5.32 Å².